The molecule has 2 saturated heterocycles. The van der Waals surface area contributed by atoms with Crippen molar-refractivity contribution in [2.45, 2.75) is 19.3 Å². The van der Waals surface area contributed by atoms with E-state index < -0.39 is 11.9 Å². The standard InChI is InChI=1S/C14H22N2O5/c1-21-6-5-15-9-11(7-12(15)17)13(18)16-4-2-3-10(8-16)14(19)20/h10-11H,2-9H2,1H3,(H,19,20)/t10-,11?/m1/s1. The Kier molecular flexibility index (Phi) is 5.17. The first kappa shape index (κ1) is 15.8. The van der Waals surface area contributed by atoms with Crippen molar-refractivity contribution in [3.63, 3.8) is 0 Å². The van der Waals surface area contributed by atoms with Gasteiger partial charge in [0, 0.05) is 39.7 Å². The quantitative estimate of drug-likeness (QED) is 0.760. The highest BCUT2D eigenvalue weighted by molar-refractivity contribution is 5.89. The minimum absolute atomic E-state index is 0.0304. The van der Waals surface area contributed by atoms with Gasteiger partial charge in [0.1, 0.15) is 0 Å². The summed E-state index contributed by atoms with van der Waals surface area (Å²) >= 11 is 0. The fraction of sp³-hybridized carbons (Fsp3) is 0.786. The van der Waals surface area contributed by atoms with Crippen molar-refractivity contribution in [1.29, 1.82) is 0 Å². The number of piperidine rings is 1. The third-order valence-electron chi connectivity index (χ3n) is 4.21. The predicted octanol–water partition coefficient (Wildman–Crippen LogP) is -0.195. The molecular weight excluding hydrogens is 276 g/mol. The molecule has 0 bridgehead atoms. The lowest BCUT2D eigenvalue weighted by molar-refractivity contribution is -0.146. The van der Waals surface area contributed by atoms with Gasteiger partial charge in [-0.1, -0.05) is 0 Å². The highest BCUT2D eigenvalue weighted by Gasteiger charge is 2.38. The summed E-state index contributed by atoms with van der Waals surface area (Å²) < 4.78 is 4.95. The Morgan fingerprint density at radius 2 is 2.10 bits per heavy atom. The number of carboxylic acids is 1. The Labute approximate surface area is 123 Å². The van der Waals surface area contributed by atoms with Gasteiger partial charge < -0.3 is 19.6 Å². The van der Waals surface area contributed by atoms with E-state index in [1.54, 1.807) is 16.9 Å². The monoisotopic (exact) mass is 298 g/mol. The van der Waals surface area contributed by atoms with Crippen LogP contribution < -0.4 is 0 Å². The number of hydrogen-bond donors (Lipinski definition) is 1. The molecule has 2 heterocycles. The summed E-state index contributed by atoms with van der Waals surface area (Å²) in [6.07, 6.45) is 1.54. The Hall–Kier alpha value is -1.63. The van der Waals surface area contributed by atoms with Gasteiger partial charge in [-0.3, -0.25) is 14.4 Å². The number of rotatable bonds is 5. The van der Waals surface area contributed by atoms with E-state index >= 15 is 0 Å². The first-order valence-corrected chi connectivity index (χ1v) is 7.31. The van der Waals surface area contributed by atoms with Crippen molar-refractivity contribution in [2.24, 2.45) is 11.8 Å². The van der Waals surface area contributed by atoms with E-state index in [1.165, 1.54) is 0 Å². The highest BCUT2D eigenvalue weighted by Crippen LogP contribution is 2.24. The second-order valence-electron chi connectivity index (χ2n) is 5.70. The minimum atomic E-state index is -0.850. The number of likely N-dealkylation sites (tertiary alicyclic amines) is 2. The molecule has 21 heavy (non-hydrogen) atoms. The Bertz CT molecular complexity index is 426. The number of amides is 2. The van der Waals surface area contributed by atoms with E-state index in [0.29, 0.717) is 39.1 Å². The number of carboxylic acid groups (broad SMARTS) is 1. The lowest BCUT2D eigenvalue weighted by atomic mass is 9.96. The first-order chi connectivity index (χ1) is 10.0. The van der Waals surface area contributed by atoms with E-state index in [9.17, 15) is 14.4 Å². The fourth-order valence-electron chi connectivity index (χ4n) is 2.99. The molecule has 0 aliphatic carbocycles. The Morgan fingerprint density at radius 1 is 1.33 bits per heavy atom. The smallest absolute Gasteiger partial charge is 0.308 e. The van der Waals surface area contributed by atoms with Gasteiger partial charge in [-0.15, -0.1) is 0 Å². The van der Waals surface area contributed by atoms with Crippen LogP contribution in [-0.4, -0.2) is 72.6 Å². The molecule has 2 rings (SSSR count). The summed E-state index contributed by atoms with van der Waals surface area (Å²) in [4.78, 5) is 38.6. The molecule has 2 atom stereocenters. The third-order valence-corrected chi connectivity index (χ3v) is 4.21. The number of hydrogen-bond acceptors (Lipinski definition) is 4. The molecule has 0 aromatic carbocycles. The molecule has 1 unspecified atom stereocenters. The molecular formula is C14H22N2O5. The predicted molar refractivity (Wildman–Crippen MR) is 73.5 cm³/mol. The summed E-state index contributed by atoms with van der Waals surface area (Å²) in [5.74, 6) is -1.80. The second kappa shape index (κ2) is 6.89. The lowest BCUT2D eigenvalue weighted by Crippen LogP contribution is -2.45. The largest absolute Gasteiger partial charge is 0.481 e. The van der Waals surface area contributed by atoms with Gasteiger partial charge in [-0.25, -0.2) is 0 Å². The van der Waals surface area contributed by atoms with E-state index in [0.717, 1.165) is 0 Å². The zero-order chi connectivity index (χ0) is 15.4. The van der Waals surface area contributed by atoms with Crippen LogP contribution in [0.2, 0.25) is 0 Å². The maximum absolute atomic E-state index is 12.5. The average molecular weight is 298 g/mol. The highest BCUT2D eigenvalue weighted by atomic mass is 16.5. The van der Waals surface area contributed by atoms with Crippen molar-refractivity contribution in [1.82, 2.24) is 9.80 Å². The summed E-state index contributed by atoms with van der Waals surface area (Å²) in [6, 6.07) is 0. The van der Waals surface area contributed by atoms with Gasteiger partial charge in [0.05, 0.1) is 18.4 Å². The zero-order valence-electron chi connectivity index (χ0n) is 12.3. The van der Waals surface area contributed by atoms with E-state index in [2.05, 4.69) is 0 Å². The van der Waals surface area contributed by atoms with Crippen molar-refractivity contribution in [3.05, 3.63) is 0 Å². The lowest BCUT2D eigenvalue weighted by Gasteiger charge is -2.32. The Balaban J connectivity index is 1.91. The molecule has 2 aliphatic rings. The number of aliphatic carboxylic acids is 1. The summed E-state index contributed by atoms with van der Waals surface area (Å²) in [6.45, 7) is 2.21. The van der Waals surface area contributed by atoms with Crippen LogP contribution in [0.25, 0.3) is 0 Å². The molecule has 0 spiro atoms. The van der Waals surface area contributed by atoms with Gasteiger partial charge in [0.15, 0.2) is 0 Å². The molecule has 2 fully saturated rings. The summed E-state index contributed by atoms with van der Waals surface area (Å²) in [5, 5.41) is 9.07. The van der Waals surface area contributed by atoms with Crippen LogP contribution in [-0.2, 0) is 19.1 Å². The molecule has 7 heteroatoms. The third kappa shape index (κ3) is 3.72. The summed E-state index contributed by atoms with van der Waals surface area (Å²) in [7, 11) is 1.57. The van der Waals surface area contributed by atoms with Crippen LogP contribution in [0.15, 0.2) is 0 Å². The molecule has 7 nitrogen and oxygen atoms in total. The van der Waals surface area contributed by atoms with Crippen LogP contribution in [0.1, 0.15) is 19.3 Å². The SMILES string of the molecule is COCCN1CC(C(=O)N2CCC[C@@H](C(=O)O)C2)CC1=O. The van der Waals surface area contributed by atoms with Crippen LogP contribution in [0.4, 0.5) is 0 Å². The normalized spacial score (nSPS) is 26.2. The number of ether oxygens (including phenoxy) is 1. The van der Waals surface area contributed by atoms with Crippen molar-refractivity contribution < 1.29 is 24.2 Å². The van der Waals surface area contributed by atoms with Crippen molar-refractivity contribution in [2.75, 3.05) is 39.9 Å². The average Bonchev–Trinajstić information content (AvgIpc) is 2.85. The van der Waals surface area contributed by atoms with Crippen molar-refractivity contribution >= 4 is 17.8 Å². The molecule has 0 aromatic rings. The summed E-state index contributed by atoms with van der Waals surface area (Å²) in [5.41, 5.74) is 0. The second-order valence-corrected chi connectivity index (χ2v) is 5.70. The number of nitrogens with zero attached hydrogens (tertiary/aromatic N) is 2. The first-order valence-electron chi connectivity index (χ1n) is 7.31. The number of carbonyl (C=O) groups is 3. The number of methoxy groups -OCH3 is 1. The van der Waals surface area contributed by atoms with Crippen LogP contribution in [0.5, 0.6) is 0 Å². The zero-order valence-corrected chi connectivity index (χ0v) is 12.3. The van der Waals surface area contributed by atoms with E-state index in [4.69, 9.17) is 9.84 Å². The minimum Gasteiger partial charge on any atom is -0.481 e. The van der Waals surface area contributed by atoms with Crippen LogP contribution in [0.3, 0.4) is 0 Å². The van der Waals surface area contributed by atoms with E-state index in [-0.39, 0.29) is 30.7 Å². The maximum atomic E-state index is 12.5. The fourth-order valence-corrected chi connectivity index (χ4v) is 2.99. The topological polar surface area (TPSA) is 87.2 Å². The molecule has 2 amide bonds. The van der Waals surface area contributed by atoms with Crippen molar-refractivity contribution in [3.8, 4) is 0 Å². The van der Waals surface area contributed by atoms with E-state index in [1.807, 2.05) is 0 Å². The molecule has 0 radical (unpaired) electrons. The van der Waals surface area contributed by atoms with Gasteiger partial charge in [0.25, 0.3) is 0 Å². The van der Waals surface area contributed by atoms with Gasteiger partial charge in [-0.05, 0) is 12.8 Å². The maximum Gasteiger partial charge on any atom is 0.308 e. The Morgan fingerprint density at radius 3 is 2.76 bits per heavy atom. The van der Waals surface area contributed by atoms with Crippen LogP contribution in [0, 0.1) is 11.8 Å². The molecule has 118 valence electrons. The molecule has 1 N–H and O–H groups in total. The van der Waals surface area contributed by atoms with Gasteiger partial charge >= 0.3 is 5.97 Å². The van der Waals surface area contributed by atoms with Gasteiger partial charge in [-0.2, -0.15) is 0 Å². The molecule has 0 aromatic heterocycles. The number of carbonyl (C=O) groups excluding carboxylic acids is 2. The van der Waals surface area contributed by atoms with Gasteiger partial charge in [0.2, 0.25) is 11.8 Å². The van der Waals surface area contributed by atoms with Crippen LogP contribution >= 0.6 is 0 Å². The molecule has 0 saturated carbocycles. The molecule has 2 aliphatic heterocycles.